The Kier molecular flexibility index (Phi) is 21.5. The number of benzene rings is 1. The number of carboxylic acid groups (broad SMARTS) is 2. The fraction of sp³-hybridized carbons (Fsp3) is 0.562. The summed E-state index contributed by atoms with van der Waals surface area (Å²) in [5.41, 5.74) is 1.23. The van der Waals surface area contributed by atoms with E-state index >= 15 is 0 Å². The number of ether oxygens (including phenoxy) is 3. The number of carbonyl (C=O) groups excluding carboxylic acids is 4. The van der Waals surface area contributed by atoms with E-state index in [0.717, 1.165) is 7.11 Å². The second kappa shape index (κ2) is 23.7. The quantitative estimate of drug-likeness (QED) is 0.0940. The van der Waals surface area contributed by atoms with Crippen LogP contribution in [0.25, 0.3) is 0 Å². The third-order valence-corrected chi connectivity index (χ3v) is 6.18. The highest BCUT2D eigenvalue weighted by Gasteiger charge is 2.34. The van der Waals surface area contributed by atoms with E-state index in [1.807, 2.05) is 13.8 Å². The van der Waals surface area contributed by atoms with Crippen LogP contribution in [0, 0.1) is 0 Å². The molecule has 8 N–H and O–H groups in total. The second-order valence-corrected chi connectivity index (χ2v) is 10.9. The summed E-state index contributed by atoms with van der Waals surface area (Å²) in [5, 5.41) is 44.7. The van der Waals surface area contributed by atoms with Crippen LogP contribution in [0.5, 0.6) is 5.75 Å². The lowest BCUT2D eigenvalue weighted by Gasteiger charge is -2.31. The number of anilines is 1. The van der Waals surface area contributed by atoms with Crippen molar-refractivity contribution in [2.45, 2.75) is 98.4 Å². The van der Waals surface area contributed by atoms with Crippen molar-refractivity contribution in [1.29, 1.82) is 0 Å². The number of carbonyl (C=O) groups is 6. The molecule has 1 saturated heterocycles. The standard InChI is InChI=1S/C28H40N4O10.C3H6O2.CH4O/c1-6-24(36)40-14-17-7-8-19(20(9-17)41-25-11-18(33)10-21(42-25)28(38)39)31-22(34)13-30-27(37)26(15(2)3)32-23(35)12-29-16(4)5;1-2-3(4)5;1-2/h7-9,16,18,21,25,29,33H,6,10-14H2,1-5H3,(H,30,37)(H,31,34)(H,32,35)(H,38,39);2H2,1H3,(H,4,5);2H,1H3. The lowest BCUT2D eigenvalue weighted by Crippen LogP contribution is -2.43. The second-order valence-electron chi connectivity index (χ2n) is 10.9. The maximum atomic E-state index is 12.8. The maximum Gasteiger partial charge on any atom is 0.333 e. The van der Waals surface area contributed by atoms with E-state index < -0.39 is 60.7 Å². The Bertz CT molecular complexity index is 1300. The van der Waals surface area contributed by atoms with Gasteiger partial charge in [-0.15, -0.1) is 0 Å². The van der Waals surface area contributed by atoms with Gasteiger partial charge in [-0.2, -0.15) is 0 Å². The topological polar surface area (TPSA) is 259 Å². The van der Waals surface area contributed by atoms with E-state index in [1.54, 1.807) is 33.8 Å². The highest BCUT2D eigenvalue weighted by molar-refractivity contribution is 6.01. The van der Waals surface area contributed by atoms with Crippen LogP contribution in [-0.4, -0.2) is 101 Å². The third-order valence-electron chi connectivity index (χ3n) is 6.18. The van der Waals surface area contributed by atoms with E-state index in [0.29, 0.717) is 11.1 Å². The number of allylic oxidation sites excluding steroid dienone is 1. The molecular weight excluding hydrogens is 648 g/mol. The highest BCUT2D eigenvalue weighted by Crippen LogP contribution is 2.31. The molecule has 2 rings (SSSR count). The van der Waals surface area contributed by atoms with Gasteiger partial charge in [-0.05, 0) is 37.1 Å². The van der Waals surface area contributed by atoms with Crippen molar-refractivity contribution in [3.05, 3.63) is 35.0 Å². The molecule has 17 heteroatoms. The molecule has 0 saturated carbocycles. The van der Waals surface area contributed by atoms with Crippen molar-refractivity contribution in [2.24, 2.45) is 0 Å². The summed E-state index contributed by atoms with van der Waals surface area (Å²) in [6.45, 7) is 9.77. The number of aliphatic hydroxyl groups is 2. The van der Waals surface area contributed by atoms with Gasteiger partial charge in [0.25, 0.3) is 5.91 Å². The van der Waals surface area contributed by atoms with Gasteiger partial charge in [0.15, 0.2) is 6.10 Å². The Balaban J connectivity index is 0.00000300. The zero-order valence-electron chi connectivity index (χ0n) is 29.0. The van der Waals surface area contributed by atoms with E-state index in [2.05, 4.69) is 21.3 Å². The number of hydrogen-bond donors (Lipinski definition) is 8. The lowest BCUT2D eigenvalue weighted by atomic mass is 10.1. The first kappa shape index (κ1) is 44.4. The summed E-state index contributed by atoms with van der Waals surface area (Å²) in [6, 6.07) is 4.63. The zero-order chi connectivity index (χ0) is 37.7. The summed E-state index contributed by atoms with van der Waals surface area (Å²) in [6.07, 6.45) is -3.14. The molecule has 0 radical (unpaired) electrons. The van der Waals surface area contributed by atoms with Crippen LogP contribution in [0.1, 0.15) is 72.8 Å². The van der Waals surface area contributed by atoms with E-state index in [-0.39, 0.29) is 62.0 Å². The van der Waals surface area contributed by atoms with Gasteiger partial charge in [0, 0.05) is 38.8 Å². The Morgan fingerprint density at radius 3 is 2.12 bits per heavy atom. The number of aliphatic carboxylic acids is 2. The Hall–Kier alpha value is -4.58. The first-order chi connectivity index (χ1) is 23.1. The minimum Gasteiger partial charge on any atom is -0.481 e. The van der Waals surface area contributed by atoms with Crippen LogP contribution >= 0.6 is 0 Å². The molecule has 1 aliphatic rings. The molecule has 1 fully saturated rings. The van der Waals surface area contributed by atoms with Crippen molar-refractivity contribution >= 4 is 41.3 Å². The molecule has 3 amide bonds. The number of nitrogens with one attached hydrogen (secondary N) is 4. The smallest absolute Gasteiger partial charge is 0.333 e. The van der Waals surface area contributed by atoms with Crippen LogP contribution < -0.4 is 26.0 Å². The van der Waals surface area contributed by atoms with Crippen molar-refractivity contribution in [1.82, 2.24) is 16.0 Å². The fourth-order valence-electron chi connectivity index (χ4n) is 3.69. The van der Waals surface area contributed by atoms with E-state index in [9.17, 15) is 39.0 Å². The van der Waals surface area contributed by atoms with Gasteiger partial charge >= 0.3 is 17.9 Å². The van der Waals surface area contributed by atoms with Gasteiger partial charge in [-0.1, -0.05) is 33.8 Å². The third kappa shape index (κ3) is 18.5. The monoisotopic (exact) mass is 698 g/mol. The molecule has 276 valence electrons. The van der Waals surface area contributed by atoms with Crippen LogP contribution in [-0.2, 0) is 44.8 Å². The van der Waals surface area contributed by atoms with Crippen LogP contribution in [0.4, 0.5) is 5.69 Å². The van der Waals surface area contributed by atoms with Gasteiger partial charge in [0.1, 0.15) is 18.1 Å². The van der Waals surface area contributed by atoms with Crippen LogP contribution in [0.3, 0.4) is 0 Å². The molecule has 1 aromatic rings. The molecule has 3 atom stereocenters. The minimum atomic E-state index is -1.29. The molecule has 3 unspecified atom stereocenters. The molecule has 17 nitrogen and oxygen atoms in total. The summed E-state index contributed by atoms with van der Waals surface area (Å²) in [5.74, 6) is -4.05. The van der Waals surface area contributed by atoms with Crippen molar-refractivity contribution in [2.75, 3.05) is 25.5 Å². The number of carboxylic acids is 2. The van der Waals surface area contributed by atoms with Gasteiger partial charge in [0.05, 0.1) is 24.9 Å². The van der Waals surface area contributed by atoms with Crippen LogP contribution in [0.15, 0.2) is 29.5 Å². The Labute approximate surface area is 285 Å². The van der Waals surface area contributed by atoms with Gasteiger partial charge in [-0.25, -0.2) is 4.79 Å². The molecular formula is C32H50N4O13. The maximum absolute atomic E-state index is 12.8. The van der Waals surface area contributed by atoms with Gasteiger partial charge in [-0.3, -0.25) is 24.0 Å². The van der Waals surface area contributed by atoms with Gasteiger partial charge in [0.2, 0.25) is 18.1 Å². The summed E-state index contributed by atoms with van der Waals surface area (Å²) in [7, 11) is 1.00. The number of hydrogen-bond acceptors (Lipinski definition) is 12. The number of esters is 1. The Morgan fingerprint density at radius 1 is 0.959 bits per heavy atom. The molecule has 0 aromatic heterocycles. The lowest BCUT2D eigenvalue weighted by molar-refractivity contribution is -0.195. The number of amides is 3. The van der Waals surface area contributed by atoms with Crippen molar-refractivity contribution in [3.8, 4) is 5.75 Å². The molecule has 1 heterocycles. The van der Waals surface area contributed by atoms with Crippen LogP contribution in [0.2, 0.25) is 0 Å². The van der Waals surface area contributed by atoms with Gasteiger partial charge < -0.3 is 55.9 Å². The molecule has 0 aliphatic carbocycles. The van der Waals surface area contributed by atoms with E-state index in [1.165, 1.54) is 12.1 Å². The summed E-state index contributed by atoms with van der Waals surface area (Å²) < 4.78 is 16.4. The highest BCUT2D eigenvalue weighted by atomic mass is 16.7. The zero-order valence-corrected chi connectivity index (χ0v) is 29.0. The molecule has 1 aliphatic heterocycles. The first-order valence-corrected chi connectivity index (χ1v) is 15.5. The molecule has 49 heavy (non-hydrogen) atoms. The van der Waals surface area contributed by atoms with Crippen molar-refractivity contribution in [3.63, 3.8) is 0 Å². The van der Waals surface area contributed by atoms with E-state index in [4.69, 9.17) is 24.4 Å². The SMILES string of the molecule is CCC(=O)O.CCC(=O)OCc1ccc(NC(=O)CNC(=O)C(NC(=O)CNC(C)C)=C(C)C)c(OC2CC(O)CC(C(=O)O)O2)c1.CO. The fourth-order valence-corrected chi connectivity index (χ4v) is 3.69. The largest absolute Gasteiger partial charge is 0.481 e. The average Bonchev–Trinajstić information content (AvgIpc) is 3.05. The number of rotatable bonds is 15. The van der Waals surface area contributed by atoms with Crippen molar-refractivity contribution < 1.29 is 63.4 Å². The minimum absolute atomic E-state index is 0.00752. The molecule has 1 aromatic carbocycles. The predicted molar refractivity (Wildman–Crippen MR) is 176 cm³/mol. The average molecular weight is 699 g/mol. The summed E-state index contributed by atoms with van der Waals surface area (Å²) in [4.78, 5) is 70.1. The summed E-state index contributed by atoms with van der Waals surface area (Å²) >= 11 is 0. The number of aliphatic hydroxyl groups excluding tert-OH is 2. The normalized spacial score (nSPS) is 16.3. The Morgan fingerprint density at radius 2 is 1.59 bits per heavy atom. The first-order valence-electron chi connectivity index (χ1n) is 15.5. The molecule has 0 bridgehead atoms. The predicted octanol–water partition coefficient (Wildman–Crippen LogP) is 1.02. The molecule has 0 spiro atoms.